The van der Waals surface area contributed by atoms with Crippen molar-refractivity contribution in [3.63, 3.8) is 0 Å². The van der Waals surface area contributed by atoms with Gasteiger partial charge in [-0.3, -0.25) is 9.36 Å². The lowest BCUT2D eigenvalue weighted by molar-refractivity contribution is -0.0458. The topological polar surface area (TPSA) is 138 Å². The Hall–Kier alpha value is -3.73. The van der Waals surface area contributed by atoms with Crippen molar-refractivity contribution in [2.75, 3.05) is 11.9 Å². The Kier molecular flexibility index (Phi) is 6.45. The number of nitrogens with one attached hydrogen (secondary N) is 1. The number of ether oxygens (including phenoxy) is 1. The molecule has 3 atom stereocenters. The molecule has 1 aromatic heterocycles. The number of hydrogen-bond donors (Lipinski definition) is 3. The minimum absolute atomic E-state index is 0.0846. The van der Waals surface area contributed by atoms with E-state index >= 15 is 0 Å². The van der Waals surface area contributed by atoms with Crippen LogP contribution in [-0.2, 0) is 4.74 Å². The van der Waals surface area contributed by atoms with Crippen molar-refractivity contribution in [3.05, 3.63) is 82.9 Å². The number of aromatic nitrogens is 2. The molecule has 0 radical (unpaired) electrons. The molecule has 0 unspecified atom stereocenters. The number of anilines is 1. The number of amides is 1. The van der Waals surface area contributed by atoms with Crippen molar-refractivity contribution in [1.82, 2.24) is 9.55 Å². The molecule has 1 fully saturated rings. The molecule has 1 saturated heterocycles. The van der Waals surface area contributed by atoms with E-state index in [2.05, 4.69) is 20.5 Å². The highest BCUT2D eigenvalue weighted by atomic mass is 16.5. The fourth-order valence-electron chi connectivity index (χ4n) is 3.23. The van der Waals surface area contributed by atoms with E-state index in [1.54, 1.807) is 24.3 Å². The number of nitrogens with zero attached hydrogens (tertiary/aromatic N) is 4. The predicted octanol–water partition coefficient (Wildman–Crippen LogP) is 2.55. The van der Waals surface area contributed by atoms with Gasteiger partial charge in [0.15, 0.2) is 0 Å². The summed E-state index contributed by atoms with van der Waals surface area (Å²) in [5.41, 5.74) is 1.03. The fourth-order valence-corrected chi connectivity index (χ4v) is 3.23. The van der Waals surface area contributed by atoms with Crippen LogP contribution in [0, 0.1) is 0 Å². The zero-order valence-corrected chi connectivity index (χ0v) is 16.9. The lowest BCUT2D eigenvalue weighted by Gasteiger charge is -2.14. The van der Waals surface area contributed by atoms with Crippen LogP contribution in [0.15, 0.2) is 81.9 Å². The van der Waals surface area contributed by atoms with Crippen molar-refractivity contribution >= 4 is 23.1 Å². The van der Waals surface area contributed by atoms with Gasteiger partial charge in [0, 0.05) is 18.2 Å². The van der Waals surface area contributed by atoms with Crippen molar-refractivity contribution in [1.29, 1.82) is 0 Å². The van der Waals surface area contributed by atoms with E-state index in [0.717, 1.165) is 5.69 Å². The molecule has 1 amide bonds. The zero-order valence-electron chi connectivity index (χ0n) is 16.9. The van der Waals surface area contributed by atoms with E-state index in [4.69, 9.17) is 4.74 Å². The highest BCUT2D eigenvalue weighted by Gasteiger charge is 2.34. The smallest absolute Gasteiger partial charge is 0.351 e. The number of hydrogen-bond acceptors (Lipinski definition) is 8. The van der Waals surface area contributed by atoms with Gasteiger partial charge in [-0.15, -0.1) is 0 Å². The van der Waals surface area contributed by atoms with Gasteiger partial charge >= 0.3 is 5.69 Å². The van der Waals surface area contributed by atoms with Crippen LogP contribution in [0.5, 0.6) is 0 Å². The summed E-state index contributed by atoms with van der Waals surface area (Å²) < 4.78 is 6.67. The molecule has 32 heavy (non-hydrogen) atoms. The van der Waals surface area contributed by atoms with Gasteiger partial charge in [-0.2, -0.15) is 15.2 Å². The third-order valence-corrected chi connectivity index (χ3v) is 4.93. The predicted molar refractivity (Wildman–Crippen MR) is 115 cm³/mol. The molecule has 2 heterocycles. The second-order valence-corrected chi connectivity index (χ2v) is 7.15. The van der Waals surface area contributed by atoms with Crippen LogP contribution in [0.1, 0.15) is 23.0 Å². The first-order valence-corrected chi connectivity index (χ1v) is 9.95. The first kappa shape index (κ1) is 21.5. The van der Waals surface area contributed by atoms with Gasteiger partial charge in [0.25, 0.3) is 5.91 Å². The third-order valence-electron chi connectivity index (χ3n) is 4.93. The molecule has 0 saturated carbocycles. The molecule has 0 bridgehead atoms. The molecular weight excluding hydrogens is 414 g/mol. The van der Waals surface area contributed by atoms with Gasteiger partial charge in [-0.05, 0) is 42.5 Å². The number of carbonyl (C=O) groups is 1. The maximum Gasteiger partial charge on any atom is 0.351 e. The number of rotatable bonds is 6. The van der Waals surface area contributed by atoms with Gasteiger partial charge in [-0.1, -0.05) is 18.2 Å². The lowest BCUT2D eigenvalue weighted by atomic mass is 10.2. The van der Waals surface area contributed by atoms with Gasteiger partial charge in [-0.25, -0.2) is 4.79 Å². The second kappa shape index (κ2) is 9.60. The molecule has 2 aromatic carbocycles. The number of azo groups is 1. The molecule has 1 aliphatic heterocycles. The van der Waals surface area contributed by atoms with E-state index < -0.39 is 30.0 Å². The lowest BCUT2D eigenvalue weighted by Crippen LogP contribution is -2.28. The van der Waals surface area contributed by atoms with Gasteiger partial charge < -0.3 is 20.3 Å². The molecular formula is C22H21N5O5. The molecule has 10 heteroatoms. The molecule has 164 valence electrons. The van der Waals surface area contributed by atoms with Gasteiger partial charge in [0.1, 0.15) is 18.1 Å². The summed E-state index contributed by atoms with van der Waals surface area (Å²) in [7, 11) is 0. The van der Waals surface area contributed by atoms with E-state index in [9.17, 15) is 19.8 Å². The van der Waals surface area contributed by atoms with Crippen LogP contribution in [0.2, 0.25) is 0 Å². The zero-order chi connectivity index (χ0) is 22.5. The SMILES string of the molecule is O=C(Nc1ccn([C@H]2C[C@H](O)[C@@H](CO)O2)c(=O)n1)c1ccc(N=Nc2ccccc2)cc1. The fraction of sp³-hybridized carbons (Fsp3) is 0.227. The number of aliphatic hydroxyl groups is 2. The average molecular weight is 435 g/mol. The normalized spacial score (nSPS) is 20.5. The van der Waals surface area contributed by atoms with E-state index in [1.165, 1.54) is 16.8 Å². The molecule has 10 nitrogen and oxygen atoms in total. The van der Waals surface area contributed by atoms with Crippen LogP contribution in [-0.4, -0.2) is 44.5 Å². The molecule has 3 N–H and O–H groups in total. The Labute approximate surface area is 182 Å². The van der Waals surface area contributed by atoms with E-state index in [1.807, 2.05) is 30.3 Å². The van der Waals surface area contributed by atoms with Crippen LogP contribution in [0.4, 0.5) is 17.2 Å². The molecule has 4 rings (SSSR count). The number of benzene rings is 2. The minimum Gasteiger partial charge on any atom is -0.394 e. The number of carbonyl (C=O) groups excluding carboxylic acids is 1. The largest absolute Gasteiger partial charge is 0.394 e. The summed E-state index contributed by atoms with van der Waals surface area (Å²) in [4.78, 5) is 28.7. The Morgan fingerprint density at radius 2 is 1.78 bits per heavy atom. The molecule has 0 aliphatic carbocycles. The monoisotopic (exact) mass is 435 g/mol. The van der Waals surface area contributed by atoms with Crippen molar-refractivity contribution in [2.45, 2.75) is 24.9 Å². The van der Waals surface area contributed by atoms with Crippen LogP contribution in [0.25, 0.3) is 0 Å². The summed E-state index contributed by atoms with van der Waals surface area (Å²) in [5, 5.41) is 29.8. The van der Waals surface area contributed by atoms with Gasteiger partial charge in [0.05, 0.1) is 24.1 Å². The standard InChI is InChI=1S/C22H21N5O5/c28-13-18-17(29)12-20(32-18)27-11-10-19(24-22(27)31)23-21(30)14-6-8-16(9-7-14)26-25-15-4-2-1-3-5-15/h1-11,17-18,20,28-29H,12-13H2,(H,23,24,30,31)/t17-,18+,20+/m0/s1. The summed E-state index contributed by atoms with van der Waals surface area (Å²) in [6.45, 7) is -0.347. The average Bonchev–Trinajstić information content (AvgIpc) is 3.19. The van der Waals surface area contributed by atoms with Crippen molar-refractivity contribution in [2.24, 2.45) is 10.2 Å². The molecule has 0 spiro atoms. The molecule has 1 aliphatic rings. The van der Waals surface area contributed by atoms with Crippen LogP contribution in [0.3, 0.4) is 0 Å². The summed E-state index contributed by atoms with van der Waals surface area (Å²) in [6, 6.07) is 17.3. The van der Waals surface area contributed by atoms with E-state index in [-0.39, 0.29) is 18.8 Å². The highest BCUT2D eigenvalue weighted by molar-refractivity contribution is 6.03. The molecule has 3 aromatic rings. The summed E-state index contributed by atoms with van der Waals surface area (Å²) in [6.07, 6.45) is -0.765. The Morgan fingerprint density at radius 1 is 1.09 bits per heavy atom. The van der Waals surface area contributed by atoms with Gasteiger partial charge in [0.2, 0.25) is 0 Å². The minimum atomic E-state index is -0.869. The highest BCUT2D eigenvalue weighted by Crippen LogP contribution is 2.27. The summed E-state index contributed by atoms with van der Waals surface area (Å²) in [5.74, 6) is -0.351. The first-order chi connectivity index (χ1) is 15.5. The Balaban J connectivity index is 1.40. The third kappa shape index (κ3) is 4.94. The van der Waals surface area contributed by atoms with Crippen LogP contribution < -0.4 is 11.0 Å². The van der Waals surface area contributed by atoms with Crippen molar-refractivity contribution in [3.8, 4) is 0 Å². The first-order valence-electron chi connectivity index (χ1n) is 9.95. The van der Waals surface area contributed by atoms with E-state index in [0.29, 0.717) is 11.3 Å². The number of aliphatic hydroxyl groups excluding tert-OH is 2. The van der Waals surface area contributed by atoms with Crippen molar-refractivity contribution < 1.29 is 19.7 Å². The summed E-state index contributed by atoms with van der Waals surface area (Å²) >= 11 is 0. The quantitative estimate of drug-likeness (QED) is 0.509. The maximum atomic E-state index is 12.5. The maximum absolute atomic E-state index is 12.5. The second-order valence-electron chi connectivity index (χ2n) is 7.15. The van der Waals surface area contributed by atoms with Crippen LogP contribution >= 0.6 is 0 Å². The Bertz CT molecular complexity index is 1160. The Morgan fingerprint density at radius 3 is 2.41 bits per heavy atom.